The van der Waals surface area contributed by atoms with Crippen molar-refractivity contribution in [3.8, 4) is 0 Å². The lowest BCUT2D eigenvalue weighted by Crippen LogP contribution is -2.66. The monoisotopic (exact) mass is 355 g/mol. The van der Waals surface area contributed by atoms with Gasteiger partial charge in [-0.3, -0.25) is 19.5 Å². The maximum absolute atomic E-state index is 5.94. The second-order valence-electron chi connectivity index (χ2n) is 8.04. The molecular formula is C20H29N5O. The first-order valence-electron chi connectivity index (χ1n) is 9.44. The summed E-state index contributed by atoms with van der Waals surface area (Å²) in [6.45, 7) is 8.01. The molecule has 2 saturated heterocycles. The Kier molecular flexibility index (Phi) is 4.82. The van der Waals surface area contributed by atoms with Gasteiger partial charge >= 0.3 is 0 Å². The summed E-state index contributed by atoms with van der Waals surface area (Å²) in [4.78, 5) is 9.41. The Bertz CT molecular complexity index is 738. The van der Waals surface area contributed by atoms with Crippen molar-refractivity contribution >= 4 is 0 Å². The molecule has 0 unspecified atom stereocenters. The zero-order valence-corrected chi connectivity index (χ0v) is 16.1. The van der Waals surface area contributed by atoms with Crippen molar-refractivity contribution in [3.05, 3.63) is 47.5 Å². The number of likely N-dealkylation sites (N-methyl/N-ethyl adjacent to an activating group) is 1. The number of ether oxygens (including phenoxy) is 1. The van der Waals surface area contributed by atoms with Crippen LogP contribution in [-0.2, 0) is 24.9 Å². The van der Waals surface area contributed by atoms with E-state index in [1.165, 1.54) is 17.7 Å². The highest BCUT2D eigenvalue weighted by Crippen LogP contribution is 2.40. The molecule has 0 amide bonds. The number of nitrogens with zero attached hydrogens (tertiary/aromatic N) is 5. The molecule has 2 fully saturated rings. The molecule has 0 aromatic carbocycles. The van der Waals surface area contributed by atoms with Gasteiger partial charge in [-0.2, -0.15) is 5.10 Å². The average molecular weight is 355 g/mol. The van der Waals surface area contributed by atoms with Gasteiger partial charge < -0.3 is 4.74 Å². The van der Waals surface area contributed by atoms with Crippen LogP contribution in [0.4, 0.5) is 0 Å². The van der Waals surface area contributed by atoms with E-state index in [1.807, 2.05) is 42.3 Å². The highest BCUT2D eigenvalue weighted by molar-refractivity contribution is 5.18. The molecule has 2 aromatic rings. The Labute approximate surface area is 155 Å². The summed E-state index contributed by atoms with van der Waals surface area (Å²) in [5.41, 5.74) is 3.97. The van der Waals surface area contributed by atoms with Gasteiger partial charge in [-0.1, -0.05) is 6.07 Å². The average Bonchev–Trinajstić information content (AvgIpc) is 3.10. The van der Waals surface area contributed by atoms with Gasteiger partial charge in [-0.15, -0.1) is 0 Å². The Morgan fingerprint density at radius 3 is 2.81 bits per heavy atom. The molecular weight excluding hydrogens is 326 g/mol. The lowest BCUT2D eigenvalue weighted by molar-refractivity contribution is -0.0227. The summed E-state index contributed by atoms with van der Waals surface area (Å²) < 4.78 is 7.90. The minimum Gasteiger partial charge on any atom is -0.375 e. The Morgan fingerprint density at radius 2 is 2.12 bits per heavy atom. The summed E-state index contributed by atoms with van der Waals surface area (Å²) >= 11 is 0. The third-order valence-corrected chi connectivity index (χ3v) is 6.11. The molecule has 0 radical (unpaired) electrons. The summed E-state index contributed by atoms with van der Waals surface area (Å²) in [6, 6.07) is 5.97. The number of hydrogen-bond acceptors (Lipinski definition) is 5. The van der Waals surface area contributed by atoms with Gasteiger partial charge in [0.25, 0.3) is 0 Å². The molecule has 2 aromatic heterocycles. The Morgan fingerprint density at radius 1 is 1.27 bits per heavy atom. The molecule has 4 rings (SSSR count). The normalized spacial score (nSPS) is 22.8. The van der Waals surface area contributed by atoms with Crippen LogP contribution >= 0.6 is 0 Å². The maximum atomic E-state index is 5.94. The fourth-order valence-electron chi connectivity index (χ4n) is 4.47. The topological polar surface area (TPSA) is 46.4 Å². The van der Waals surface area contributed by atoms with Gasteiger partial charge in [0.1, 0.15) is 0 Å². The van der Waals surface area contributed by atoms with Crippen LogP contribution in [0.1, 0.15) is 23.4 Å². The van der Waals surface area contributed by atoms with E-state index in [0.717, 1.165) is 38.5 Å². The SMILES string of the molecule is Cc1c(CN2CC3(C[C@@H](COCc4ccccn4)CN3C)C2)cnn1C. The van der Waals surface area contributed by atoms with E-state index < -0.39 is 0 Å². The molecule has 4 heterocycles. The molecule has 1 atom stereocenters. The summed E-state index contributed by atoms with van der Waals surface area (Å²) in [7, 11) is 4.28. The quantitative estimate of drug-likeness (QED) is 0.791. The lowest BCUT2D eigenvalue weighted by Gasteiger charge is -2.52. The van der Waals surface area contributed by atoms with Crippen LogP contribution in [0, 0.1) is 12.8 Å². The van der Waals surface area contributed by atoms with Crippen LogP contribution in [0.3, 0.4) is 0 Å². The second kappa shape index (κ2) is 7.10. The van der Waals surface area contributed by atoms with Gasteiger partial charge in [0.15, 0.2) is 0 Å². The first kappa shape index (κ1) is 17.6. The van der Waals surface area contributed by atoms with Gasteiger partial charge in [0.05, 0.1) is 25.1 Å². The van der Waals surface area contributed by atoms with Crippen LogP contribution in [0.5, 0.6) is 0 Å². The van der Waals surface area contributed by atoms with Crippen LogP contribution in [0.15, 0.2) is 30.6 Å². The molecule has 0 bridgehead atoms. The number of rotatable bonds is 6. The first-order chi connectivity index (χ1) is 12.6. The van der Waals surface area contributed by atoms with Crippen LogP contribution in [0.25, 0.3) is 0 Å². The van der Waals surface area contributed by atoms with Crippen molar-refractivity contribution in [3.63, 3.8) is 0 Å². The van der Waals surface area contributed by atoms with Crippen molar-refractivity contribution in [1.29, 1.82) is 0 Å². The summed E-state index contributed by atoms with van der Waals surface area (Å²) in [5.74, 6) is 0.617. The van der Waals surface area contributed by atoms with Crippen LogP contribution < -0.4 is 0 Å². The minimum atomic E-state index is 0.342. The van der Waals surface area contributed by atoms with Crippen LogP contribution in [-0.4, -0.2) is 63.4 Å². The van der Waals surface area contributed by atoms with Gasteiger partial charge in [0.2, 0.25) is 0 Å². The predicted molar refractivity (Wildman–Crippen MR) is 101 cm³/mol. The van der Waals surface area contributed by atoms with Crippen molar-refractivity contribution in [2.45, 2.75) is 32.0 Å². The molecule has 0 saturated carbocycles. The van der Waals surface area contributed by atoms with Crippen molar-refractivity contribution in [2.24, 2.45) is 13.0 Å². The van der Waals surface area contributed by atoms with Crippen molar-refractivity contribution in [2.75, 3.05) is 33.3 Å². The number of likely N-dealkylation sites (tertiary alicyclic amines) is 2. The van der Waals surface area contributed by atoms with Crippen molar-refractivity contribution in [1.82, 2.24) is 24.6 Å². The van der Waals surface area contributed by atoms with E-state index in [1.54, 1.807) is 0 Å². The fraction of sp³-hybridized carbons (Fsp3) is 0.600. The number of aryl methyl sites for hydroxylation is 1. The van der Waals surface area contributed by atoms with Gasteiger partial charge in [-0.05, 0) is 38.4 Å². The zero-order chi connectivity index (χ0) is 18.1. The number of aromatic nitrogens is 3. The molecule has 140 valence electrons. The van der Waals surface area contributed by atoms with E-state index in [9.17, 15) is 0 Å². The summed E-state index contributed by atoms with van der Waals surface area (Å²) in [5, 5.41) is 4.36. The van der Waals surface area contributed by atoms with Gasteiger partial charge in [-0.25, -0.2) is 0 Å². The molecule has 2 aliphatic heterocycles. The zero-order valence-electron chi connectivity index (χ0n) is 16.1. The predicted octanol–water partition coefficient (Wildman–Crippen LogP) is 1.85. The standard InChI is InChI=1S/C20H29N5O/c1-16-18(9-22-24(16)3)11-25-14-20(15-25)8-17(10-23(20)2)12-26-13-19-6-4-5-7-21-19/h4-7,9,17H,8,10-15H2,1-3H3/t17-/m1/s1. The number of hydrogen-bond donors (Lipinski definition) is 0. The van der Waals surface area contributed by atoms with E-state index in [0.29, 0.717) is 18.1 Å². The molecule has 6 nitrogen and oxygen atoms in total. The van der Waals surface area contributed by atoms with E-state index in [4.69, 9.17) is 4.74 Å². The second-order valence-corrected chi connectivity index (χ2v) is 8.04. The Hall–Kier alpha value is -1.76. The van der Waals surface area contributed by atoms with E-state index >= 15 is 0 Å². The fourth-order valence-corrected chi connectivity index (χ4v) is 4.47. The molecule has 6 heteroatoms. The molecule has 0 aliphatic carbocycles. The number of pyridine rings is 1. The minimum absolute atomic E-state index is 0.342. The van der Waals surface area contributed by atoms with Gasteiger partial charge in [0, 0.05) is 56.2 Å². The lowest BCUT2D eigenvalue weighted by atomic mass is 9.84. The Balaban J connectivity index is 1.25. The van der Waals surface area contributed by atoms with E-state index in [-0.39, 0.29) is 0 Å². The molecule has 2 aliphatic rings. The highest BCUT2D eigenvalue weighted by atomic mass is 16.5. The molecule has 1 spiro atoms. The third kappa shape index (κ3) is 3.41. The largest absolute Gasteiger partial charge is 0.375 e. The summed E-state index contributed by atoms with van der Waals surface area (Å²) in [6.07, 6.45) is 5.06. The first-order valence-corrected chi connectivity index (χ1v) is 9.44. The van der Waals surface area contributed by atoms with Crippen molar-refractivity contribution < 1.29 is 4.74 Å². The molecule has 0 N–H and O–H groups in total. The highest BCUT2D eigenvalue weighted by Gasteiger charge is 2.51. The van der Waals surface area contributed by atoms with E-state index in [2.05, 4.69) is 33.9 Å². The van der Waals surface area contributed by atoms with Crippen LogP contribution in [0.2, 0.25) is 0 Å². The smallest absolute Gasteiger partial charge is 0.0887 e. The maximum Gasteiger partial charge on any atom is 0.0887 e. The molecule has 26 heavy (non-hydrogen) atoms. The third-order valence-electron chi connectivity index (χ3n) is 6.11.